The van der Waals surface area contributed by atoms with Gasteiger partial charge in [-0.25, -0.2) is 4.79 Å². The van der Waals surface area contributed by atoms with Crippen molar-refractivity contribution in [3.8, 4) is 0 Å². The van der Waals surface area contributed by atoms with Crippen molar-refractivity contribution in [2.45, 2.75) is 33.2 Å². The Bertz CT molecular complexity index is 726. The van der Waals surface area contributed by atoms with E-state index in [0.717, 1.165) is 12.0 Å². The van der Waals surface area contributed by atoms with E-state index in [1.54, 1.807) is 31.2 Å². The number of carbonyl (C=O) groups is 2. The van der Waals surface area contributed by atoms with Crippen molar-refractivity contribution in [3.05, 3.63) is 65.2 Å². The molecule has 2 amide bonds. The lowest BCUT2D eigenvalue weighted by Crippen LogP contribution is -2.28. The third-order valence-electron chi connectivity index (χ3n) is 3.84. The molecule has 2 N–H and O–H groups in total. The van der Waals surface area contributed by atoms with Crippen LogP contribution in [-0.4, -0.2) is 18.6 Å². The van der Waals surface area contributed by atoms with Gasteiger partial charge in [0.05, 0.1) is 12.6 Å². The highest BCUT2D eigenvalue weighted by atomic mass is 16.5. The van der Waals surface area contributed by atoms with Gasteiger partial charge in [0, 0.05) is 11.3 Å². The molecule has 1 atom stereocenters. The molecule has 0 aliphatic rings. The summed E-state index contributed by atoms with van der Waals surface area (Å²) in [5, 5.41) is 5.64. The van der Waals surface area contributed by atoms with Crippen LogP contribution in [0.2, 0.25) is 0 Å². The molecule has 25 heavy (non-hydrogen) atoms. The number of aryl methyl sites for hydroxylation is 1. The van der Waals surface area contributed by atoms with Crippen LogP contribution in [0.15, 0.2) is 48.5 Å². The number of nitrogens with one attached hydrogen (secondary N) is 2. The van der Waals surface area contributed by atoms with Gasteiger partial charge in [0.15, 0.2) is 0 Å². The number of hydrogen-bond acceptors (Lipinski definition) is 3. The Morgan fingerprint density at radius 3 is 2.44 bits per heavy atom. The van der Waals surface area contributed by atoms with Gasteiger partial charge < -0.3 is 10.1 Å². The lowest BCUT2D eigenvalue weighted by atomic mass is 10.0. The van der Waals surface area contributed by atoms with E-state index >= 15 is 0 Å². The minimum absolute atomic E-state index is 0.0604. The second-order valence-corrected chi connectivity index (χ2v) is 5.77. The van der Waals surface area contributed by atoms with Crippen molar-refractivity contribution in [3.63, 3.8) is 0 Å². The SMILES string of the molecule is CCOC(=O)Nc1cccc(C(=O)N[C@H](CC)c2ccc(C)cc2)c1. The first-order valence-corrected chi connectivity index (χ1v) is 8.44. The number of carbonyl (C=O) groups excluding carboxylic acids is 2. The summed E-state index contributed by atoms with van der Waals surface area (Å²) in [5.74, 6) is -0.181. The van der Waals surface area contributed by atoms with Crippen LogP contribution in [0.5, 0.6) is 0 Å². The zero-order chi connectivity index (χ0) is 18.2. The maximum absolute atomic E-state index is 12.6. The summed E-state index contributed by atoms with van der Waals surface area (Å²) in [7, 11) is 0. The smallest absolute Gasteiger partial charge is 0.411 e. The number of rotatable bonds is 6. The highest BCUT2D eigenvalue weighted by molar-refractivity contribution is 5.96. The molecule has 2 aromatic rings. The maximum atomic E-state index is 12.6. The van der Waals surface area contributed by atoms with Gasteiger partial charge in [-0.05, 0) is 44.0 Å². The van der Waals surface area contributed by atoms with Gasteiger partial charge in [-0.2, -0.15) is 0 Å². The third-order valence-corrected chi connectivity index (χ3v) is 3.84. The van der Waals surface area contributed by atoms with Crippen molar-refractivity contribution < 1.29 is 14.3 Å². The van der Waals surface area contributed by atoms with Crippen molar-refractivity contribution in [1.29, 1.82) is 0 Å². The van der Waals surface area contributed by atoms with Crippen LogP contribution in [0.1, 0.15) is 47.8 Å². The molecule has 0 fully saturated rings. The zero-order valence-corrected chi connectivity index (χ0v) is 14.8. The van der Waals surface area contributed by atoms with E-state index in [1.165, 1.54) is 5.56 Å². The molecule has 5 nitrogen and oxygen atoms in total. The van der Waals surface area contributed by atoms with Crippen LogP contribution in [0.4, 0.5) is 10.5 Å². The molecule has 5 heteroatoms. The Kier molecular flexibility index (Phi) is 6.57. The number of ether oxygens (including phenoxy) is 1. The van der Waals surface area contributed by atoms with E-state index in [2.05, 4.69) is 10.6 Å². The van der Waals surface area contributed by atoms with Crippen molar-refractivity contribution >= 4 is 17.7 Å². The van der Waals surface area contributed by atoms with Crippen LogP contribution in [0.3, 0.4) is 0 Å². The average molecular weight is 340 g/mol. The van der Waals surface area contributed by atoms with Gasteiger partial charge in [-0.15, -0.1) is 0 Å². The molecule has 0 radical (unpaired) electrons. The molecule has 132 valence electrons. The first-order chi connectivity index (χ1) is 12.0. The zero-order valence-electron chi connectivity index (χ0n) is 14.8. The average Bonchev–Trinajstić information content (AvgIpc) is 2.60. The standard InChI is InChI=1S/C20H24N2O3/c1-4-18(15-11-9-14(3)10-12-15)22-19(23)16-7-6-8-17(13-16)21-20(24)25-5-2/h6-13,18H,4-5H2,1-3H3,(H,21,24)(H,22,23)/t18-/m1/s1. The largest absolute Gasteiger partial charge is 0.450 e. The fraction of sp³-hybridized carbons (Fsp3) is 0.300. The topological polar surface area (TPSA) is 67.4 Å². The van der Waals surface area contributed by atoms with Gasteiger partial charge in [0.2, 0.25) is 0 Å². The van der Waals surface area contributed by atoms with E-state index in [9.17, 15) is 9.59 Å². The van der Waals surface area contributed by atoms with Crippen molar-refractivity contribution in [2.75, 3.05) is 11.9 Å². The van der Waals surface area contributed by atoms with Crippen LogP contribution in [-0.2, 0) is 4.74 Å². The van der Waals surface area contributed by atoms with E-state index < -0.39 is 6.09 Å². The molecule has 2 aromatic carbocycles. The first kappa shape index (κ1) is 18.5. The van der Waals surface area contributed by atoms with Crippen LogP contribution in [0, 0.1) is 6.92 Å². The Balaban J connectivity index is 2.08. The highest BCUT2D eigenvalue weighted by Gasteiger charge is 2.14. The molecule has 0 aromatic heterocycles. The summed E-state index contributed by atoms with van der Waals surface area (Å²) < 4.78 is 4.84. The molecule has 0 heterocycles. The van der Waals surface area contributed by atoms with E-state index in [-0.39, 0.29) is 11.9 Å². The molecular weight excluding hydrogens is 316 g/mol. The fourth-order valence-electron chi connectivity index (χ4n) is 2.48. The Hall–Kier alpha value is -2.82. The van der Waals surface area contributed by atoms with Gasteiger partial charge in [-0.3, -0.25) is 10.1 Å². The van der Waals surface area contributed by atoms with E-state index in [0.29, 0.717) is 17.9 Å². The van der Waals surface area contributed by atoms with Crippen LogP contribution < -0.4 is 10.6 Å². The molecule has 0 bridgehead atoms. The van der Waals surface area contributed by atoms with E-state index in [1.807, 2.05) is 38.1 Å². The maximum Gasteiger partial charge on any atom is 0.411 e. The monoisotopic (exact) mass is 340 g/mol. The summed E-state index contributed by atoms with van der Waals surface area (Å²) in [6, 6.07) is 14.9. The van der Waals surface area contributed by atoms with Gasteiger partial charge in [0.1, 0.15) is 0 Å². The minimum atomic E-state index is -0.536. The van der Waals surface area contributed by atoms with Crippen LogP contribution in [0.25, 0.3) is 0 Å². The molecule has 0 aliphatic carbocycles. The first-order valence-electron chi connectivity index (χ1n) is 8.44. The second-order valence-electron chi connectivity index (χ2n) is 5.77. The highest BCUT2D eigenvalue weighted by Crippen LogP contribution is 2.19. The van der Waals surface area contributed by atoms with Gasteiger partial charge >= 0.3 is 6.09 Å². The lowest BCUT2D eigenvalue weighted by Gasteiger charge is -2.18. The summed E-state index contributed by atoms with van der Waals surface area (Å²) in [4.78, 5) is 24.1. The molecule has 0 saturated carbocycles. The van der Waals surface area contributed by atoms with Gasteiger partial charge in [-0.1, -0.05) is 42.8 Å². The predicted molar refractivity (Wildman–Crippen MR) is 98.8 cm³/mol. The number of hydrogen-bond donors (Lipinski definition) is 2. The van der Waals surface area contributed by atoms with E-state index in [4.69, 9.17) is 4.74 Å². The van der Waals surface area contributed by atoms with Gasteiger partial charge in [0.25, 0.3) is 5.91 Å². The molecule has 0 unspecified atom stereocenters. The quantitative estimate of drug-likeness (QED) is 0.816. The summed E-state index contributed by atoms with van der Waals surface area (Å²) in [6.45, 7) is 6.09. The number of benzene rings is 2. The molecule has 0 aliphatic heterocycles. The Morgan fingerprint density at radius 1 is 1.08 bits per heavy atom. The predicted octanol–water partition coefficient (Wildman–Crippen LogP) is 4.44. The normalized spacial score (nSPS) is 11.5. The summed E-state index contributed by atoms with van der Waals surface area (Å²) in [6.07, 6.45) is 0.251. The lowest BCUT2D eigenvalue weighted by molar-refractivity contribution is 0.0935. The molecular formula is C20H24N2O3. The summed E-state index contributed by atoms with van der Waals surface area (Å²) in [5.41, 5.74) is 3.26. The number of anilines is 1. The van der Waals surface area contributed by atoms with Crippen molar-refractivity contribution in [1.82, 2.24) is 5.32 Å². The minimum Gasteiger partial charge on any atom is -0.450 e. The molecule has 0 saturated heterocycles. The third kappa shape index (κ3) is 5.35. The second kappa shape index (κ2) is 8.87. The fourth-order valence-corrected chi connectivity index (χ4v) is 2.48. The Labute approximate surface area is 148 Å². The van der Waals surface area contributed by atoms with Crippen molar-refractivity contribution in [2.24, 2.45) is 0 Å². The molecule has 0 spiro atoms. The number of amides is 2. The summed E-state index contributed by atoms with van der Waals surface area (Å²) >= 11 is 0. The Morgan fingerprint density at radius 2 is 1.80 bits per heavy atom. The molecule has 2 rings (SSSR count). The van der Waals surface area contributed by atoms with Crippen LogP contribution >= 0.6 is 0 Å².